The summed E-state index contributed by atoms with van der Waals surface area (Å²) >= 11 is 0. The molecule has 0 saturated heterocycles. The van der Waals surface area contributed by atoms with Gasteiger partial charge < -0.3 is 4.42 Å². The molecule has 0 saturated carbocycles. The molecule has 10 rings (SSSR count). The van der Waals surface area contributed by atoms with E-state index in [0.717, 1.165) is 11.3 Å². The minimum atomic E-state index is -0.188. The molecule has 1 heterocycles. The van der Waals surface area contributed by atoms with Gasteiger partial charge in [0, 0.05) is 21.9 Å². The van der Waals surface area contributed by atoms with E-state index in [-0.39, 0.29) is 5.41 Å². The van der Waals surface area contributed by atoms with Crippen LogP contribution in [0, 0.1) is 0 Å². The zero-order valence-electron chi connectivity index (χ0n) is 28.1. The summed E-state index contributed by atoms with van der Waals surface area (Å²) in [6.07, 6.45) is 0. The molecular weight excluding hydrogens is 605 g/mol. The SMILES string of the molecule is CC1(C)c2cc(-c3c4ccccc4c(-c4ccccc4-c4cccc(-c5ccccc5)c4)c4ccccc34)ccc2-c2oc3ccccc3c21. The van der Waals surface area contributed by atoms with E-state index in [4.69, 9.17) is 4.42 Å². The van der Waals surface area contributed by atoms with Crippen LogP contribution >= 0.6 is 0 Å². The maximum Gasteiger partial charge on any atom is 0.139 e. The van der Waals surface area contributed by atoms with E-state index < -0.39 is 0 Å². The molecule has 1 heteroatoms. The quantitative estimate of drug-likeness (QED) is 0.175. The molecule has 0 fully saturated rings. The molecule has 1 aliphatic carbocycles. The number of hydrogen-bond donors (Lipinski definition) is 0. The van der Waals surface area contributed by atoms with Gasteiger partial charge >= 0.3 is 0 Å². The molecule has 1 aliphatic rings. The molecule has 1 aromatic heterocycles. The van der Waals surface area contributed by atoms with E-state index in [9.17, 15) is 0 Å². The van der Waals surface area contributed by atoms with Crippen LogP contribution in [0.3, 0.4) is 0 Å². The highest BCUT2D eigenvalue weighted by molar-refractivity contribution is 6.22. The van der Waals surface area contributed by atoms with Gasteiger partial charge in [-0.15, -0.1) is 0 Å². The number of furan rings is 1. The monoisotopic (exact) mass is 638 g/mol. The number of hydrogen-bond acceptors (Lipinski definition) is 1. The van der Waals surface area contributed by atoms with Gasteiger partial charge in [-0.25, -0.2) is 0 Å². The zero-order chi connectivity index (χ0) is 33.4. The summed E-state index contributed by atoms with van der Waals surface area (Å²) in [6, 6.07) is 61.9. The van der Waals surface area contributed by atoms with Gasteiger partial charge in [0.25, 0.3) is 0 Å². The summed E-state index contributed by atoms with van der Waals surface area (Å²) in [5.74, 6) is 1.01. The van der Waals surface area contributed by atoms with Crippen LogP contribution in [0.1, 0.15) is 25.0 Å². The van der Waals surface area contributed by atoms with Crippen LogP contribution in [-0.4, -0.2) is 0 Å². The molecule has 236 valence electrons. The first-order valence-electron chi connectivity index (χ1n) is 17.4. The van der Waals surface area contributed by atoms with Crippen molar-refractivity contribution in [1.82, 2.24) is 0 Å². The predicted molar refractivity (Wildman–Crippen MR) is 211 cm³/mol. The van der Waals surface area contributed by atoms with Gasteiger partial charge in [0.2, 0.25) is 0 Å². The van der Waals surface area contributed by atoms with Crippen molar-refractivity contribution >= 4 is 32.5 Å². The fraction of sp³-hybridized carbons (Fsp3) is 0.0612. The first-order chi connectivity index (χ1) is 24.6. The van der Waals surface area contributed by atoms with Gasteiger partial charge in [0.05, 0.1) is 0 Å². The molecule has 0 aliphatic heterocycles. The van der Waals surface area contributed by atoms with Crippen molar-refractivity contribution in [3.05, 3.63) is 181 Å². The van der Waals surface area contributed by atoms with Gasteiger partial charge in [0.1, 0.15) is 11.3 Å². The van der Waals surface area contributed by atoms with E-state index in [0.29, 0.717) is 0 Å². The number of rotatable bonds is 4. The lowest BCUT2D eigenvalue weighted by atomic mass is 9.79. The maximum absolute atomic E-state index is 6.50. The zero-order valence-corrected chi connectivity index (χ0v) is 28.1. The Kier molecular flexibility index (Phi) is 6.29. The smallest absolute Gasteiger partial charge is 0.139 e. The highest BCUT2D eigenvalue weighted by atomic mass is 16.3. The van der Waals surface area contributed by atoms with Crippen molar-refractivity contribution in [2.75, 3.05) is 0 Å². The molecule has 0 bridgehead atoms. The van der Waals surface area contributed by atoms with E-state index in [1.165, 1.54) is 88.1 Å². The molecule has 50 heavy (non-hydrogen) atoms. The van der Waals surface area contributed by atoms with Crippen molar-refractivity contribution in [3.63, 3.8) is 0 Å². The van der Waals surface area contributed by atoms with Crippen LogP contribution < -0.4 is 0 Å². The van der Waals surface area contributed by atoms with Crippen LogP contribution in [-0.2, 0) is 5.41 Å². The molecule has 0 spiro atoms. The van der Waals surface area contributed by atoms with Crippen molar-refractivity contribution in [2.24, 2.45) is 0 Å². The van der Waals surface area contributed by atoms with Crippen molar-refractivity contribution < 1.29 is 4.42 Å². The lowest BCUT2D eigenvalue weighted by Gasteiger charge is -2.23. The van der Waals surface area contributed by atoms with Crippen LogP contribution in [0.15, 0.2) is 174 Å². The van der Waals surface area contributed by atoms with Crippen LogP contribution in [0.2, 0.25) is 0 Å². The Balaban J connectivity index is 1.20. The van der Waals surface area contributed by atoms with Crippen molar-refractivity contribution in [1.29, 1.82) is 0 Å². The van der Waals surface area contributed by atoms with Gasteiger partial charge in [0.15, 0.2) is 0 Å². The third-order valence-electron chi connectivity index (χ3n) is 10.9. The molecule has 0 N–H and O–H groups in total. The number of fused-ring (bicyclic) bond motifs is 7. The fourth-order valence-corrected chi connectivity index (χ4v) is 8.58. The topological polar surface area (TPSA) is 13.1 Å². The molecule has 1 nitrogen and oxygen atoms in total. The Morgan fingerprint density at radius 2 is 0.940 bits per heavy atom. The molecule has 0 radical (unpaired) electrons. The highest BCUT2D eigenvalue weighted by Crippen LogP contribution is 2.54. The minimum absolute atomic E-state index is 0.188. The summed E-state index contributed by atoms with van der Waals surface area (Å²) in [4.78, 5) is 0. The normalized spacial score (nSPS) is 13.2. The van der Waals surface area contributed by atoms with Gasteiger partial charge in [-0.05, 0) is 89.8 Å². The van der Waals surface area contributed by atoms with E-state index in [1.807, 2.05) is 0 Å². The minimum Gasteiger partial charge on any atom is -0.456 e. The van der Waals surface area contributed by atoms with E-state index in [2.05, 4.69) is 184 Å². The second kappa shape index (κ2) is 10.9. The molecule has 0 unspecified atom stereocenters. The third-order valence-corrected chi connectivity index (χ3v) is 10.9. The first kappa shape index (κ1) is 28.8. The Bertz CT molecular complexity index is 2720. The fourth-order valence-electron chi connectivity index (χ4n) is 8.58. The van der Waals surface area contributed by atoms with Crippen LogP contribution in [0.4, 0.5) is 0 Å². The van der Waals surface area contributed by atoms with Gasteiger partial charge in [-0.3, -0.25) is 0 Å². The third kappa shape index (κ3) is 4.20. The highest BCUT2D eigenvalue weighted by Gasteiger charge is 2.40. The van der Waals surface area contributed by atoms with Gasteiger partial charge in [-0.2, -0.15) is 0 Å². The second-order valence-electron chi connectivity index (χ2n) is 14.0. The summed E-state index contributed by atoms with van der Waals surface area (Å²) in [6.45, 7) is 4.68. The average Bonchev–Trinajstić information content (AvgIpc) is 3.67. The predicted octanol–water partition coefficient (Wildman–Crippen LogP) is 13.7. The summed E-state index contributed by atoms with van der Waals surface area (Å²) in [7, 11) is 0. The number of benzene rings is 8. The average molecular weight is 639 g/mol. The first-order valence-corrected chi connectivity index (χ1v) is 17.4. The van der Waals surface area contributed by atoms with Gasteiger partial charge in [-0.1, -0.05) is 166 Å². The molecular formula is C49H34O. The summed E-state index contributed by atoms with van der Waals surface area (Å²) in [5.41, 5.74) is 14.5. The maximum atomic E-state index is 6.50. The second-order valence-corrected chi connectivity index (χ2v) is 14.0. The van der Waals surface area contributed by atoms with E-state index in [1.54, 1.807) is 0 Å². The molecule has 0 atom stereocenters. The van der Waals surface area contributed by atoms with E-state index >= 15 is 0 Å². The van der Waals surface area contributed by atoms with Crippen molar-refractivity contribution in [3.8, 4) is 55.8 Å². The number of para-hydroxylation sites is 1. The summed E-state index contributed by atoms with van der Waals surface area (Å²) < 4.78 is 6.50. The Morgan fingerprint density at radius 3 is 1.66 bits per heavy atom. The standard InChI is InChI=1S/C49H34O/c1-49(2)43-30-34(27-28-41(43)48-47(49)42-25-12-13-26-44(42)50-48)45-37-21-8-10-23-39(37)46(40-24-11-9-22-38(40)45)36-20-7-6-19-35(36)33-18-14-17-32(29-33)31-15-4-3-5-16-31/h3-30H,1-2H3. The van der Waals surface area contributed by atoms with Crippen LogP contribution in [0.5, 0.6) is 0 Å². The molecule has 0 amide bonds. The lowest BCUT2D eigenvalue weighted by molar-refractivity contribution is 0.619. The lowest BCUT2D eigenvalue weighted by Crippen LogP contribution is -2.15. The molecule has 8 aromatic carbocycles. The van der Waals surface area contributed by atoms with Crippen molar-refractivity contribution in [2.45, 2.75) is 19.3 Å². The van der Waals surface area contributed by atoms with Crippen LogP contribution in [0.25, 0.3) is 88.3 Å². The largest absolute Gasteiger partial charge is 0.456 e. The summed E-state index contributed by atoms with van der Waals surface area (Å²) in [5, 5.41) is 6.23. The molecule has 9 aromatic rings. The Hall–Kier alpha value is -6.18. The Labute approximate surface area is 292 Å². The Morgan fingerprint density at radius 1 is 0.380 bits per heavy atom.